The zero-order valence-electron chi connectivity index (χ0n) is 18.8. The van der Waals surface area contributed by atoms with Gasteiger partial charge in [-0.2, -0.15) is 0 Å². The van der Waals surface area contributed by atoms with Crippen LogP contribution in [0, 0.1) is 12.8 Å². The molecule has 1 aromatic heterocycles. The summed E-state index contributed by atoms with van der Waals surface area (Å²) in [5.74, 6) is -0.275. The van der Waals surface area contributed by atoms with Crippen LogP contribution in [0.3, 0.4) is 0 Å². The standard InChI is InChI=1S/C26H30N2O4S/c1-17-9-11-19(12-10-17)33(31,32)26-18(6-4-5-15-29)16-23(30)28-14-13-21-20-7-2-3-8-22(20)27-24(21)25(26)28/h2-3,7-12,18,25-27,29H,4-6,13-16H2,1H3/t18-,25-,26+/m0/s1. The number of hydrogen-bond donors (Lipinski definition) is 2. The molecule has 7 heteroatoms. The fraction of sp³-hybridized carbons (Fsp3) is 0.423. The molecule has 0 radical (unpaired) electrons. The van der Waals surface area contributed by atoms with Gasteiger partial charge in [0.25, 0.3) is 0 Å². The van der Waals surface area contributed by atoms with Gasteiger partial charge in [-0.1, -0.05) is 42.3 Å². The van der Waals surface area contributed by atoms with Gasteiger partial charge in [-0.25, -0.2) is 8.42 Å². The normalized spacial score (nSPS) is 22.9. The van der Waals surface area contributed by atoms with Crippen molar-refractivity contribution in [2.75, 3.05) is 13.2 Å². The van der Waals surface area contributed by atoms with Crippen molar-refractivity contribution in [1.82, 2.24) is 9.88 Å². The Balaban J connectivity index is 1.66. The largest absolute Gasteiger partial charge is 0.396 e. The van der Waals surface area contributed by atoms with Gasteiger partial charge >= 0.3 is 0 Å². The molecule has 5 rings (SSSR count). The zero-order chi connectivity index (χ0) is 23.2. The summed E-state index contributed by atoms with van der Waals surface area (Å²) in [7, 11) is -3.72. The van der Waals surface area contributed by atoms with E-state index in [9.17, 15) is 18.3 Å². The van der Waals surface area contributed by atoms with Crippen molar-refractivity contribution < 1.29 is 18.3 Å². The minimum absolute atomic E-state index is 0.0219. The van der Waals surface area contributed by atoms with E-state index >= 15 is 0 Å². The molecule has 2 aliphatic rings. The predicted molar refractivity (Wildman–Crippen MR) is 128 cm³/mol. The third-order valence-electron chi connectivity index (χ3n) is 7.30. The fourth-order valence-corrected chi connectivity index (χ4v) is 7.89. The molecule has 174 valence electrons. The average Bonchev–Trinajstić information content (AvgIpc) is 3.18. The van der Waals surface area contributed by atoms with Crippen LogP contribution in [0.15, 0.2) is 53.4 Å². The highest BCUT2D eigenvalue weighted by atomic mass is 32.2. The number of aromatic nitrogens is 1. The van der Waals surface area contributed by atoms with Gasteiger partial charge in [0.15, 0.2) is 9.84 Å². The third kappa shape index (κ3) is 3.77. The van der Waals surface area contributed by atoms with Crippen LogP contribution < -0.4 is 0 Å². The van der Waals surface area contributed by atoms with E-state index in [2.05, 4.69) is 11.1 Å². The summed E-state index contributed by atoms with van der Waals surface area (Å²) in [5, 5.41) is 9.65. The van der Waals surface area contributed by atoms with Crippen LogP contribution in [0.25, 0.3) is 10.9 Å². The maximum absolute atomic E-state index is 14.1. The van der Waals surface area contributed by atoms with Crippen LogP contribution in [0.5, 0.6) is 0 Å². The number of carbonyl (C=O) groups excluding carboxylic acids is 1. The lowest BCUT2D eigenvalue weighted by Crippen LogP contribution is -2.55. The predicted octanol–water partition coefficient (Wildman–Crippen LogP) is 3.93. The lowest BCUT2D eigenvalue weighted by Gasteiger charge is -2.47. The Hall–Kier alpha value is -2.64. The molecular weight excluding hydrogens is 436 g/mol. The summed E-state index contributed by atoms with van der Waals surface area (Å²) in [4.78, 5) is 18.8. The van der Waals surface area contributed by atoms with E-state index in [1.165, 1.54) is 0 Å². The molecule has 2 aromatic carbocycles. The summed E-state index contributed by atoms with van der Waals surface area (Å²) >= 11 is 0. The van der Waals surface area contributed by atoms with Gasteiger partial charge in [0, 0.05) is 36.2 Å². The van der Waals surface area contributed by atoms with E-state index in [0.717, 1.165) is 27.7 Å². The minimum atomic E-state index is -3.72. The Morgan fingerprint density at radius 1 is 1.09 bits per heavy atom. The molecule has 0 spiro atoms. The number of piperidine rings is 1. The summed E-state index contributed by atoms with van der Waals surface area (Å²) in [6.45, 7) is 2.53. The Bertz CT molecular complexity index is 1280. The number of nitrogens with zero attached hydrogens (tertiary/aromatic N) is 1. The van der Waals surface area contributed by atoms with E-state index in [1.807, 2.05) is 37.3 Å². The van der Waals surface area contributed by atoms with Crippen molar-refractivity contribution in [1.29, 1.82) is 0 Å². The lowest BCUT2D eigenvalue weighted by molar-refractivity contribution is -0.139. The summed E-state index contributed by atoms with van der Waals surface area (Å²) in [5.41, 5.74) is 3.97. The molecule has 33 heavy (non-hydrogen) atoms. The highest BCUT2D eigenvalue weighted by molar-refractivity contribution is 7.92. The van der Waals surface area contributed by atoms with Crippen LogP contribution in [-0.4, -0.2) is 47.7 Å². The number of unbranched alkanes of at least 4 members (excludes halogenated alkanes) is 1. The van der Waals surface area contributed by atoms with Crippen LogP contribution >= 0.6 is 0 Å². The molecule has 1 amide bonds. The number of aliphatic hydroxyl groups excluding tert-OH is 1. The number of carbonyl (C=O) groups is 1. The highest BCUT2D eigenvalue weighted by Crippen LogP contribution is 2.47. The second-order valence-electron chi connectivity index (χ2n) is 9.35. The molecule has 1 saturated heterocycles. The topological polar surface area (TPSA) is 90.5 Å². The first-order chi connectivity index (χ1) is 15.9. The van der Waals surface area contributed by atoms with Gasteiger partial charge in [0.1, 0.15) is 0 Å². The Morgan fingerprint density at radius 3 is 2.61 bits per heavy atom. The molecule has 6 nitrogen and oxygen atoms in total. The minimum Gasteiger partial charge on any atom is -0.396 e. The van der Waals surface area contributed by atoms with Gasteiger partial charge in [0.2, 0.25) is 5.91 Å². The quantitative estimate of drug-likeness (QED) is 0.539. The van der Waals surface area contributed by atoms with E-state index in [1.54, 1.807) is 17.0 Å². The number of sulfone groups is 1. The number of benzene rings is 2. The lowest BCUT2D eigenvalue weighted by atomic mass is 9.81. The number of aryl methyl sites for hydroxylation is 1. The van der Waals surface area contributed by atoms with E-state index < -0.39 is 21.1 Å². The Morgan fingerprint density at radius 2 is 1.85 bits per heavy atom. The van der Waals surface area contributed by atoms with Gasteiger partial charge in [-0.05, 0) is 55.9 Å². The summed E-state index contributed by atoms with van der Waals surface area (Å²) < 4.78 is 28.3. The monoisotopic (exact) mass is 466 g/mol. The van der Waals surface area contributed by atoms with Crippen molar-refractivity contribution in [2.24, 2.45) is 5.92 Å². The first kappa shape index (κ1) is 22.2. The molecule has 3 atom stereocenters. The zero-order valence-corrected chi connectivity index (χ0v) is 19.6. The van der Waals surface area contributed by atoms with Crippen LogP contribution in [0.1, 0.15) is 48.5 Å². The molecule has 3 aromatic rings. The Labute approximate surface area is 194 Å². The maximum atomic E-state index is 14.1. The number of H-pyrrole nitrogens is 1. The second-order valence-corrected chi connectivity index (χ2v) is 11.5. The van der Waals surface area contributed by atoms with Crippen molar-refractivity contribution in [3.63, 3.8) is 0 Å². The molecule has 1 fully saturated rings. The van der Waals surface area contributed by atoms with Gasteiger partial charge < -0.3 is 15.0 Å². The number of aromatic amines is 1. The number of hydrogen-bond acceptors (Lipinski definition) is 4. The third-order valence-corrected chi connectivity index (χ3v) is 9.59. The van der Waals surface area contributed by atoms with Crippen molar-refractivity contribution >= 4 is 26.6 Å². The Kier molecular flexibility index (Phi) is 5.79. The smallest absolute Gasteiger partial charge is 0.223 e. The summed E-state index contributed by atoms with van der Waals surface area (Å²) in [6, 6.07) is 14.5. The van der Waals surface area contributed by atoms with Crippen LogP contribution in [-0.2, 0) is 21.1 Å². The molecule has 2 N–H and O–H groups in total. The average molecular weight is 467 g/mol. The van der Waals surface area contributed by atoms with Crippen LogP contribution in [0.4, 0.5) is 0 Å². The number of rotatable bonds is 6. The SMILES string of the molecule is Cc1ccc(S(=O)(=O)[C@@H]2[C@@H](CCCCO)CC(=O)N3CCc4c([nH]c5ccccc45)[C@@H]23)cc1. The molecule has 0 unspecified atom stereocenters. The molecule has 2 aliphatic heterocycles. The number of aliphatic hydroxyl groups is 1. The first-order valence-corrected chi connectivity index (χ1v) is 13.3. The molecule has 3 heterocycles. The van der Waals surface area contributed by atoms with Crippen molar-refractivity contribution in [3.05, 3.63) is 65.4 Å². The van der Waals surface area contributed by atoms with Crippen molar-refractivity contribution in [2.45, 2.75) is 55.2 Å². The van der Waals surface area contributed by atoms with Gasteiger partial charge in [-0.15, -0.1) is 0 Å². The first-order valence-electron chi connectivity index (χ1n) is 11.7. The van der Waals surface area contributed by atoms with E-state index in [4.69, 9.17) is 0 Å². The van der Waals surface area contributed by atoms with Gasteiger partial charge in [-0.3, -0.25) is 4.79 Å². The van der Waals surface area contributed by atoms with E-state index in [0.29, 0.717) is 37.1 Å². The molecular formula is C26H30N2O4S. The number of amides is 1. The molecule has 0 aliphatic carbocycles. The number of fused-ring (bicyclic) bond motifs is 5. The second kappa shape index (κ2) is 8.61. The van der Waals surface area contributed by atoms with Gasteiger partial charge in [0.05, 0.1) is 16.2 Å². The van der Waals surface area contributed by atoms with Crippen molar-refractivity contribution in [3.8, 4) is 0 Å². The fourth-order valence-electron chi connectivity index (χ4n) is 5.70. The maximum Gasteiger partial charge on any atom is 0.223 e. The van der Waals surface area contributed by atoms with E-state index in [-0.39, 0.29) is 24.9 Å². The number of para-hydroxylation sites is 1. The molecule has 0 bridgehead atoms. The summed E-state index contributed by atoms with van der Waals surface area (Å²) in [6.07, 6.45) is 2.85. The number of nitrogens with one attached hydrogen (secondary N) is 1. The highest BCUT2D eigenvalue weighted by Gasteiger charge is 2.51. The molecule has 0 saturated carbocycles. The van der Waals surface area contributed by atoms with Crippen LogP contribution in [0.2, 0.25) is 0 Å².